The number of benzene rings is 3. The number of anilines is 1. The SMILES string of the molecule is CC[C@@H](Sc1nnc(-c2ccc(C)cc2)c(-c2ccc(C)cc2)n1)C(=O)Nc1cccc(C)c1. The second-order valence-electron chi connectivity index (χ2n) is 8.40. The first-order chi connectivity index (χ1) is 16.4. The average molecular weight is 469 g/mol. The molecule has 0 aliphatic carbocycles. The van der Waals surface area contributed by atoms with E-state index < -0.39 is 0 Å². The molecule has 0 spiro atoms. The summed E-state index contributed by atoms with van der Waals surface area (Å²) in [7, 11) is 0. The number of nitrogens with one attached hydrogen (secondary N) is 1. The monoisotopic (exact) mass is 468 g/mol. The van der Waals surface area contributed by atoms with Gasteiger partial charge in [-0.2, -0.15) is 0 Å². The number of nitrogens with zero attached hydrogens (tertiary/aromatic N) is 3. The van der Waals surface area contributed by atoms with Crippen LogP contribution in [-0.2, 0) is 4.79 Å². The molecule has 1 atom stereocenters. The quantitative estimate of drug-likeness (QED) is 0.308. The molecule has 0 saturated heterocycles. The predicted octanol–water partition coefficient (Wildman–Crippen LogP) is 6.64. The average Bonchev–Trinajstić information content (AvgIpc) is 2.83. The van der Waals surface area contributed by atoms with Crippen LogP contribution in [-0.4, -0.2) is 26.3 Å². The van der Waals surface area contributed by atoms with Crippen molar-refractivity contribution in [3.63, 3.8) is 0 Å². The van der Waals surface area contributed by atoms with Gasteiger partial charge in [0.25, 0.3) is 0 Å². The summed E-state index contributed by atoms with van der Waals surface area (Å²) in [5.41, 5.74) is 7.66. The molecule has 0 radical (unpaired) electrons. The molecule has 1 N–H and O–H groups in total. The van der Waals surface area contributed by atoms with E-state index in [2.05, 4.69) is 53.6 Å². The van der Waals surface area contributed by atoms with Crippen LogP contribution in [0.1, 0.15) is 30.0 Å². The van der Waals surface area contributed by atoms with Crippen molar-refractivity contribution in [1.29, 1.82) is 0 Å². The van der Waals surface area contributed by atoms with Gasteiger partial charge in [0, 0.05) is 16.8 Å². The first-order valence-electron chi connectivity index (χ1n) is 11.4. The van der Waals surface area contributed by atoms with Gasteiger partial charge in [0.1, 0.15) is 11.4 Å². The molecule has 0 fully saturated rings. The van der Waals surface area contributed by atoms with Crippen LogP contribution in [0.5, 0.6) is 0 Å². The van der Waals surface area contributed by atoms with Crippen LogP contribution in [0.15, 0.2) is 78.0 Å². The molecule has 34 heavy (non-hydrogen) atoms. The molecule has 1 heterocycles. The number of aryl methyl sites for hydroxylation is 3. The van der Waals surface area contributed by atoms with Gasteiger partial charge in [-0.05, 0) is 44.9 Å². The van der Waals surface area contributed by atoms with E-state index in [1.54, 1.807) is 0 Å². The van der Waals surface area contributed by atoms with Gasteiger partial charge in [-0.15, -0.1) is 10.2 Å². The highest BCUT2D eigenvalue weighted by Gasteiger charge is 2.22. The highest BCUT2D eigenvalue weighted by atomic mass is 32.2. The topological polar surface area (TPSA) is 67.8 Å². The van der Waals surface area contributed by atoms with Crippen LogP contribution in [0.4, 0.5) is 5.69 Å². The third-order valence-electron chi connectivity index (χ3n) is 5.51. The molecule has 0 aliphatic rings. The standard InChI is InChI=1S/C28H28N4OS/c1-5-24(27(33)29-23-8-6-7-20(4)17-23)34-28-30-25(21-13-9-18(2)10-14-21)26(31-32-28)22-15-11-19(3)12-16-22/h6-17,24H,5H2,1-4H3,(H,29,33)/t24-/m1/s1. The highest BCUT2D eigenvalue weighted by molar-refractivity contribution is 8.00. The normalized spacial score (nSPS) is 11.8. The first-order valence-corrected chi connectivity index (χ1v) is 12.2. The number of amides is 1. The van der Waals surface area contributed by atoms with Crippen molar-refractivity contribution < 1.29 is 4.79 Å². The summed E-state index contributed by atoms with van der Waals surface area (Å²) < 4.78 is 0. The molecular formula is C28H28N4OS. The van der Waals surface area contributed by atoms with Crippen molar-refractivity contribution in [2.24, 2.45) is 0 Å². The molecular weight excluding hydrogens is 440 g/mol. The summed E-state index contributed by atoms with van der Waals surface area (Å²) >= 11 is 1.34. The molecule has 0 unspecified atom stereocenters. The Kier molecular flexibility index (Phi) is 7.38. The summed E-state index contributed by atoms with van der Waals surface area (Å²) in [5.74, 6) is -0.0683. The fourth-order valence-corrected chi connectivity index (χ4v) is 4.39. The molecule has 1 aromatic heterocycles. The minimum Gasteiger partial charge on any atom is -0.325 e. The lowest BCUT2D eigenvalue weighted by Crippen LogP contribution is -2.25. The molecule has 6 heteroatoms. The van der Waals surface area contributed by atoms with Crippen LogP contribution >= 0.6 is 11.8 Å². The fraction of sp³-hybridized carbons (Fsp3) is 0.214. The number of aromatic nitrogens is 3. The summed E-state index contributed by atoms with van der Waals surface area (Å²) in [6.07, 6.45) is 0.644. The first kappa shape index (κ1) is 23.6. The maximum atomic E-state index is 13.0. The molecule has 3 aromatic carbocycles. The molecule has 0 bridgehead atoms. The molecule has 172 valence electrons. The van der Waals surface area contributed by atoms with E-state index >= 15 is 0 Å². The van der Waals surface area contributed by atoms with E-state index in [4.69, 9.17) is 4.98 Å². The van der Waals surface area contributed by atoms with Gasteiger partial charge >= 0.3 is 0 Å². The van der Waals surface area contributed by atoms with Crippen molar-refractivity contribution in [2.75, 3.05) is 5.32 Å². The van der Waals surface area contributed by atoms with E-state index in [1.807, 2.05) is 62.4 Å². The fourth-order valence-electron chi connectivity index (χ4n) is 3.57. The van der Waals surface area contributed by atoms with Gasteiger partial charge in [-0.25, -0.2) is 4.98 Å². The Balaban J connectivity index is 1.65. The maximum absolute atomic E-state index is 13.0. The Morgan fingerprint density at radius 1 is 0.824 bits per heavy atom. The van der Waals surface area contributed by atoms with Crippen molar-refractivity contribution in [1.82, 2.24) is 15.2 Å². The Bertz CT molecular complexity index is 1290. The van der Waals surface area contributed by atoms with Crippen LogP contribution in [0.2, 0.25) is 0 Å². The van der Waals surface area contributed by atoms with E-state index in [-0.39, 0.29) is 11.2 Å². The molecule has 5 nitrogen and oxygen atoms in total. The molecule has 4 rings (SSSR count). The van der Waals surface area contributed by atoms with Gasteiger partial charge < -0.3 is 5.32 Å². The number of hydrogen-bond acceptors (Lipinski definition) is 5. The number of thioether (sulfide) groups is 1. The number of carbonyl (C=O) groups excluding carboxylic acids is 1. The number of hydrogen-bond donors (Lipinski definition) is 1. The van der Waals surface area contributed by atoms with Gasteiger partial charge in [-0.3, -0.25) is 4.79 Å². The zero-order valence-electron chi connectivity index (χ0n) is 19.9. The second-order valence-corrected chi connectivity index (χ2v) is 9.57. The third kappa shape index (κ3) is 5.69. The lowest BCUT2D eigenvalue weighted by atomic mass is 10.0. The minimum atomic E-state index is -0.335. The number of rotatable bonds is 7. The van der Waals surface area contributed by atoms with Crippen molar-refractivity contribution in [3.05, 3.63) is 89.5 Å². The van der Waals surface area contributed by atoms with Gasteiger partial charge in [0.2, 0.25) is 11.1 Å². The van der Waals surface area contributed by atoms with Gasteiger partial charge in [0.15, 0.2) is 0 Å². The van der Waals surface area contributed by atoms with Crippen LogP contribution in [0.25, 0.3) is 22.5 Å². The highest BCUT2D eigenvalue weighted by Crippen LogP contribution is 2.32. The van der Waals surface area contributed by atoms with Crippen molar-refractivity contribution in [3.8, 4) is 22.5 Å². The van der Waals surface area contributed by atoms with Gasteiger partial charge in [0.05, 0.1) is 5.25 Å². The Morgan fingerprint density at radius 2 is 1.44 bits per heavy atom. The molecule has 0 saturated carbocycles. The molecule has 0 aliphatic heterocycles. The molecule has 1 amide bonds. The van der Waals surface area contributed by atoms with Crippen molar-refractivity contribution >= 4 is 23.4 Å². The second kappa shape index (κ2) is 10.6. The summed E-state index contributed by atoms with van der Waals surface area (Å²) in [5, 5.41) is 12.1. The Hall–Kier alpha value is -3.51. The van der Waals surface area contributed by atoms with Gasteiger partial charge in [-0.1, -0.05) is 90.5 Å². The van der Waals surface area contributed by atoms with E-state index in [9.17, 15) is 4.79 Å². The predicted molar refractivity (Wildman–Crippen MR) is 140 cm³/mol. The van der Waals surface area contributed by atoms with E-state index in [0.717, 1.165) is 33.8 Å². The summed E-state index contributed by atoms with van der Waals surface area (Å²) in [6.45, 7) is 8.11. The summed E-state index contributed by atoms with van der Waals surface area (Å²) in [4.78, 5) is 17.8. The lowest BCUT2D eigenvalue weighted by molar-refractivity contribution is -0.115. The minimum absolute atomic E-state index is 0.0683. The van der Waals surface area contributed by atoms with Crippen molar-refractivity contribution in [2.45, 2.75) is 44.5 Å². The summed E-state index contributed by atoms with van der Waals surface area (Å²) in [6, 6.07) is 24.2. The lowest BCUT2D eigenvalue weighted by Gasteiger charge is -2.15. The zero-order valence-corrected chi connectivity index (χ0v) is 20.7. The van der Waals surface area contributed by atoms with Crippen LogP contribution in [0, 0.1) is 20.8 Å². The Labute approximate surface area is 205 Å². The number of carbonyl (C=O) groups is 1. The van der Waals surface area contributed by atoms with E-state index in [1.165, 1.54) is 22.9 Å². The smallest absolute Gasteiger partial charge is 0.237 e. The Morgan fingerprint density at radius 3 is 2.03 bits per heavy atom. The largest absolute Gasteiger partial charge is 0.325 e. The molecule has 4 aromatic rings. The van der Waals surface area contributed by atoms with E-state index in [0.29, 0.717) is 11.6 Å². The third-order valence-corrected chi connectivity index (χ3v) is 6.73. The van der Waals surface area contributed by atoms with Crippen LogP contribution < -0.4 is 5.32 Å². The van der Waals surface area contributed by atoms with Crippen LogP contribution in [0.3, 0.4) is 0 Å². The maximum Gasteiger partial charge on any atom is 0.237 e. The zero-order chi connectivity index (χ0) is 24.1.